The fourth-order valence-electron chi connectivity index (χ4n) is 4.01. The van der Waals surface area contributed by atoms with Crippen molar-refractivity contribution in [3.8, 4) is 0 Å². The molecule has 1 aromatic heterocycles. The molecule has 0 saturated heterocycles. The second kappa shape index (κ2) is 6.61. The van der Waals surface area contributed by atoms with Gasteiger partial charge in [0.25, 0.3) is 0 Å². The van der Waals surface area contributed by atoms with Gasteiger partial charge in [-0.3, -0.25) is 4.90 Å². The molecular weight excluding hydrogens is 296 g/mol. The van der Waals surface area contributed by atoms with Crippen LogP contribution in [0.5, 0.6) is 0 Å². The van der Waals surface area contributed by atoms with Crippen molar-refractivity contribution in [1.29, 1.82) is 0 Å². The third-order valence-electron chi connectivity index (χ3n) is 5.52. The number of likely N-dealkylation sites (N-methyl/N-ethyl adjacent to an activating group) is 1. The van der Waals surface area contributed by atoms with E-state index in [1.807, 2.05) is 6.20 Å². The Labute approximate surface area is 144 Å². The van der Waals surface area contributed by atoms with E-state index in [1.165, 1.54) is 40.9 Å². The van der Waals surface area contributed by atoms with E-state index in [0.29, 0.717) is 6.04 Å². The van der Waals surface area contributed by atoms with Crippen molar-refractivity contribution < 1.29 is 0 Å². The average molecular weight is 322 g/mol. The molecule has 1 atom stereocenters. The Hall–Kier alpha value is -1.78. The highest BCUT2D eigenvalue weighted by Gasteiger charge is 2.22. The summed E-state index contributed by atoms with van der Waals surface area (Å²) in [5.74, 6) is 0. The molecule has 0 radical (unpaired) electrons. The van der Waals surface area contributed by atoms with Crippen LogP contribution >= 0.6 is 0 Å². The monoisotopic (exact) mass is 322 g/mol. The van der Waals surface area contributed by atoms with Crippen molar-refractivity contribution in [2.24, 2.45) is 0 Å². The Morgan fingerprint density at radius 3 is 2.92 bits per heavy atom. The van der Waals surface area contributed by atoms with Crippen LogP contribution in [-0.2, 0) is 32.4 Å². The smallest absolute Gasteiger partial charge is 0.115 e. The van der Waals surface area contributed by atoms with Crippen LogP contribution in [0.1, 0.15) is 34.9 Å². The first-order valence-corrected chi connectivity index (χ1v) is 9.00. The molecule has 4 rings (SSSR count). The molecule has 2 aliphatic rings. The number of rotatable bonds is 3. The van der Waals surface area contributed by atoms with Crippen LogP contribution in [0, 0.1) is 0 Å². The number of aromatic nitrogens is 2. The van der Waals surface area contributed by atoms with Crippen LogP contribution in [0.4, 0.5) is 0 Å². The third kappa shape index (κ3) is 3.21. The SMILES string of the molecule is CC(Cc1ccc2c(c1)CN(C)CC2)N1CCc2ncncc2C1. The van der Waals surface area contributed by atoms with Crippen LogP contribution in [0.2, 0.25) is 0 Å². The van der Waals surface area contributed by atoms with E-state index in [1.54, 1.807) is 6.33 Å². The number of hydrogen-bond donors (Lipinski definition) is 0. The van der Waals surface area contributed by atoms with Gasteiger partial charge < -0.3 is 4.90 Å². The molecule has 2 aliphatic heterocycles. The van der Waals surface area contributed by atoms with Crippen LogP contribution in [0.15, 0.2) is 30.7 Å². The first-order chi connectivity index (χ1) is 11.7. The third-order valence-corrected chi connectivity index (χ3v) is 5.52. The lowest BCUT2D eigenvalue weighted by molar-refractivity contribution is 0.187. The molecule has 24 heavy (non-hydrogen) atoms. The predicted molar refractivity (Wildman–Crippen MR) is 95.8 cm³/mol. The normalized spacial score (nSPS) is 19.6. The summed E-state index contributed by atoms with van der Waals surface area (Å²) < 4.78 is 0. The number of nitrogens with zero attached hydrogens (tertiary/aromatic N) is 4. The Morgan fingerprint density at radius 1 is 1.08 bits per heavy atom. The predicted octanol–water partition coefficient (Wildman–Crippen LogP) is 2.45. The molecule has 1 unspecified atom stereocenters. The van der Waals surface area contributed by atoms with Crippen LogP contribution in [0.3, 0.4) is 0 Å². The summed E-state index contributed by atoms with van der Waals surface area (Å²) in [6, 6.07) is 7.66. The number of fused-ring (bicyclic) bond motifs is 2. The average Bonchev–Trinajstić information content (AvgIpc) is 2.61. The first kappa shape index (κ1) is 15.7. The van der Waals surface area contributed by atoms with E-state index in [4.69, 9.17) is 0 Å². The Bertz CT molecular complexity index is 727. The van der Waals surface area contributed by atoms with Crippen LogP contribution in [0.25, 0.3) is 0 Å². The zero-order chi connectivity index (χ0) is 16.5. The summed E-state index contributed by atoms with van der Waals surface area (Å²) in [6.45, 7) is 6.69. The number of benzene rings is 1. The highest BCUT2D eigenvalue weighted by Crippen LogP contribution is 2.23. The minimum atomic E-state index is 0.540. The van der Waals surface area contributed by atoms with Crippen molar-refractivity contribution in [2.45, 2.75) is 45.3 Å². The highest BCUT2D eigenvalue weighted by molar-refractivity contribution is 5.34. The highest BCUT2D eigenvalue weighted by atomic mass is 15.2. The lowest BCUT2D eigenvalue weighted by Gasteiger charge is -2.33. The van der Waals surface area contributed by atoms with Crippen molar-refractivity contribution in [1.82, 2.24) is 19.8 Å². The van der Waals surface area contributed by atoms with Gasteiger partial charge in [0.2, 0.25) is 0 Å². The lowest BCUT2D eigenvalue weighted by Crippen LogP contribution is -2.39. The van der Waals surface area contributed by atoms with E-state index < -0.39 is 0 Å². The van der Waals surface area contributed by atoms with Crippen LogP contribution in [-0.4, -0.2) is 45.9 Å². The Balaban J connectivity index is 1.45. The van der Waals surface area contributed by atoms with Gasteiger partial charge in [0.05, 0.1) is 0 Å². The van der Waals surface area contributed by atoms with Gasteiger partial charge in [0, 0.05) is 56.1 Å². The molecule has 1 aromatic carbocycles. The zero-order valence-corrected chi connectivity index (χ0v) is 14.7. The minimum Gasteiger partial charge on any atom is -0.302 e. The number of hydrogen-bond acceptors (Lipinski definition) is 4. The molecule has 0 fully saturated rings. The standard InChI is InChI=1S/C20H26N4/c1-15(24-8-6-20-19(13-24)11-21-14-22-20)9-16-3-4-17-5-7-23(2)12-18(17)10-16/h3-4,10-11,14-15H,5-9,12-13H2,1-2H3. The first-order valence-electron chi connectivity index (χ1n) is 9.00. The molecule has 0 bridgehead atoms. The van der Waals surface area contributed by atoms with Crippen molar-refractivity contribution in [2.75, 3.05) is 20.1 Å². The van der Waals surface area contributed by atoms with Gasteiger partial charge >= 0.3 is 0 Å². The molecule has 0 saturated carbocycles. The topological polar surface area (TPSA) is 32.3 Å². The van der Waals surface area contributed by atoms with Gasteiger partial charge in [-0.2, -0.15) is 0 Å². The van der Waals surface area contributed by atoms with Gasteiger partial charge in [-0.15, -0.1) is 0 Å². The maximum atomic E-state index is 4.41. The zero-order valence-electron chi connectivity index (χ0n) is 14.7. The van der Waals surface area contributed by atoms with Crippen molar-refractivity contribution >= 4 is 0 Å². The van der Waals surface area contributed by atoms with E-state index in [-0.39, 0.29) is 0 Å². The molecule has 2 aromatic rings. The summed E-state index contributed by atoms with van der Waals surface area (Å²) in [6.07, 6.45) is 6.99. The second-order valence-corrected chi connectivity index (χ2v) is 7.36. The summed E-state index contributed by atoms with van der Waals surface area (Å²) in [4.78, 5) is 13.6. The molecular formula is C20H26N4. The second-order valence-electron chi connectivity index (χ2n) is 7.36. The van der Waals surface area contributed by atoms with E-state index in [0.717, 1.165) is 32.5 Å². The molecule has 0 aliphatic carbocycles. The minimum absolute atomic E-state index is 0.540. The lowest BCUT2D eigenvalue weighted by atomic mass is 9.94. The van der Waals surface area contributed by atoms with Gasteiger partial charge in [-0.25, -0.2) is 9.97 Å². The van der Waals surface area contributed by atoms with Crippen molar-refractivity contribution in [3.05, 3.63) is 58.7 Å². The molecule has 4 nitrogen and oxygen atoms in total. The van der Waals surface area contributed by atoms with Crippen molar-refractivity contribution in [3.63, 3.8) is 0 Å². The van der Waals surface area contributed by atoms with E-state index in [2.05, 4.69) is 51.9 Å². The fourth-order valence-corrected chi connectivity index (χ4v) is 4.01. The molecule has 0 amide bonds. The molecule has 0 N–H and O–H groups in total. The molecule has 126 valence electrons. The van der Waals surface area contributed by atoms with Crippen LogP contribution < -0.4 is 0 Å². The van der Waals surface area contributed by atoms with Gasteiger partial charge in [0.15, 0.2) is 0 Å². The largest absolute Gasteiger partial charge is 0.302 e. The Morgan fingerprint density at radius 2 is 2.00 bits per heavy atom. The van der Waals surface area contributed by atoms with E-state index >= 15 is 0 Å². The Kier molecular flexibility index (Phi) is 4.33. The molecule has 0 spiro atoms. The van der Waals surface area contributed by atoms with Gasteiger partial charge in [0.1, 0.15) is 6.33 Å². The summed E-state index contributed by atoms with van der Waals surface area (Å²) in [7, 11) is 2.21. The maximum absolute atomic E-state index is 4.41. The summed E-state index contributed by atoms with van der Waals surface area (Å²) in [5, 5.41) is 0. The summed E-state index contributed by atoms with van der Waals surface area (Å²) >= 11 is 0. The molecule has 4 heteroatoms. The molecule has 3 heterocycles. The van der Waals surface area contributed by atoms with Gasteiger partial charge in [-0.1, -0.05) is 18.2 Å². The quantitative estimate of drug-likeness (QED) is 0.869. The fraction of sp³-hybridized carbons (Fsp3) is 0.500. The van der Waals surface area contributed by atoms with E-state index in [9.17, 15) is 0 Å². The summed E-state index contributed by atoms with van der Waals surface area (Å²) in [5.41, 5.74) is 7.04. The maximum Gasteiger partial charge on any atom is 0.115 e. The van der Waals surface area contributed by atoms with Gasteiger partial charge in [-0.05, 0) is 43.5 Å².